The molecule has 0 aliphatic carbocycles. The van der Waals surface area contributed by atoms with E-state index in [1.807, 2.05) is 24.3 Å². The molecule has 2 aromatic carbocycles. The predicted molar refractivity (Wildman–Crippen MR) is 289 cm³/mol. The van der Waals surface area contributed by atoms with Gasteiger partial charge in [0.25, 0.3) is 11.5 Å². The molecule has 6 amide bonds. The van der Waals surface area contributed by atoms with Gasteiger partial charge in [0, 0.05) is 49.0 Å². The van der Waals surface area contributed by atoms with Crippen molar-refractivity contribution in [3.8, 4) is 29.5 Å². The van der Waals surface area contributed by atoms with Crippen LogP contribution in [0.2, 0.25) is 0 Å². The van der Waals surface area contributed by atoms with Crippen molar-refractivity contribution in [2.45, 2.75) is 147 Å². The Morgan fingerprint density at radius 1 is 0.902 bits per heavy atom. The van der Waals surface area contributed by atoms with Gasteiger partial charge in [0.15, 0.2) is 17.7 Å². The summed E-state index contributed by atoms with van der Waals surface area (Å²) in [6.07, 6.45) is -5.69. The van der Waals surface area contributed by atoms with Gasteiger partial charge in [-0.15, -0.1) is 6.42 Å². The van der Waals surface area contributed by atoms with Gasteiger partial charge in [0.2, 0.25) is 29.9 Å². The van der Waals surface area contributed by atoms with E-state index >= 15 is 0 Å². The minimum Gasteiger partial charge on any atom is -0.479 e. The molecule has 82 heavy (non-hydrogen) atoms. The van der Waals surface area contributed by atoms with E-state index in [2.05, 4.69) is 32.5 Å². The number of carbonyl (C=O) groups excluding carboxylic acids is 7. The number of amides is 6. The fraction of sp³-hybridized carbons (Fsp3) is 0.464. The molecule has 1 fully saturated rings. The van der Waals surface area contributed by atoms with Gasteiger partial charge < -0.3 is 80.5 Å². The molecule has 1 saturated heterocycles. The van der Waals surface area contributed by atoms with Gasteiger partial charge in [-0.3, -0.25) is 28.8 Å². The van der Waals surface area contributed by atoms with Crippen LogP contribution in [0.15, 0.2) is 53.3 Å². The number of terminal acetylenes is 1. The summed E-state index contributed by atoms with van der Waals surface area (Å²) in [5.74, 6) is -5.05. The summed E-state index contributed by atoms with van der Waals surface area (Å²) in [7, 11) is 1.39. The highest BCUT2D eigenvalue weighted by Crippen LogP contribution is 2.41. The number of hydrogen-bond acceptors (Lipinski definition) is 18. The Kier molecular flexibility index (Phi) is 19.0. The monoisotopic (exact) mass is 1140 g/mol. The van der Waals surface area contributed by atoms with Gasteiger partial charge >= 0.3 is 18.0 Å². The van der Waals surface area contributed by atoms with E-state index in [4.69, 9.17) is 30.4 Å². The Balaban J connectivity index is 1.08. The molecule has 5 heterocycles. The zero-order valence-corrected chi connectivity index (χ0v) is 46.0. The van der Waals surface area contributed by atoms with Crippen LogP contribution in [-0.4, -0.2) is 156 Å². The lowest BCUT2D eigenvalue weighted by Gasteiger charge is -2.38. The number of aliphatic carboxylic acids is 1. The van der Waals surface area contributed by atoms with Crippen molar-refractivity contribution < 1.29 is 82.8 Å². The summed E-state index contributed by atoms with van der Waals surface area (Å²) in [6, 6.07) is 8.40. The lowest BCUT2D eigenvalue weighted by atomic mass is 9.86. The van der Waals surface area contributed by atoms with Crippen molar-refractivity contribution in [3.05, 3.63) is 86.7 Å². The van der Waals surface area contributed by atoms with Gasteiger partial charge in [0.1, 0.15) is 49.4 Å². The number of aliphatic hydroxyl groups is 4. The number of esters is 1. The average molecular weight is 1140 g/mol. The van der Waals surface area contributed by atoms with Gasteiger partial charge in [-0.2, -0.15) is 0 Å². The van der Waals surface area contributed by atoms with E-state index in [1.165, 1.54) is 41.6 Å². The zero-order chi connectivity index (χ0) is 60.1. The molecule has 7 rings (SSSR count). The highest BCUT2D eigenvalue weighted by Gasteiger charge is 2.49. The third-order valence-electron chi connectivity index (χ3n) is 14.5. The predicted octanol–water partition coefficient (Wildman–Crippen LogP) is 0.169. The van der Waals surface area contributed by atoms with E-state index in [0.717, 1.165) is 10.9 Å². The molecule has 0 radical (unpaired) electrons. The van der Waals surface area contributed by atoms with Crippen molar-refractivity contribution in [2.75, 3.05) is 18.9 Å². The smallest absolute Gasteiger partial charge is 0.410 e. The minimum absolute atomic E-state index is 0.0312. The van der Waals surface area contributed by atoms with Crippen molar-refractivity contribution in [3.63, 3.8) is 0 Å². The van der Waals surface area contributed by atoms with E-state index in [0.29, 0.717) is 22.5 Å². The number of para-hydroxylation sites is 1. The fourth-order valence-electron chi connectivity index (χ4n) is 9.70. The average Bonchev–Trinajstić information content (AvgIpc) is 3.30. The highest BCUT2D eigenvalue weighted by molar-refractivity contribution is 6.00. The van der Waals surface area contributed by atoms with Crippen LogP contribution in [0.4, 0.5) is 10.5 Å². The molecular formula is C56H66N8O18. The molecule has 438 valence electrons. The Morgan fingerprint density at radius 2 is 1.61 bits per heavy atom. The molecule has 26 nitrogen and oxygen atoms in total. The Morgan fingerprint density at radius 3 is 2.27 bits per heavy atom. The molecule has 0 saturated carbocycles. The van der Waals surface area contributed by atoms with Crippen LogP contribution in [-0.2, 0) is 79.6 Å². The number of carbonyl (C=O) groups is 8. The van der Waals surface area contributed by atoms with Gasteiger partial charge in [-0.05, 0) is 74.9 Å². The number of rotatable bonds is 21. The summed E-state index contributed by atoms with van der Waals surface area (Å²) < 4.78 is 23.9. The lowest BCUT2D eigenvalue weighted by molar-refractivity contribution is -0.271. The molecule has 3 aliphatic heterocycles. The van der Waals surface area contributed by atoms with Gasteiger partial charge in [0.05, 0.1) is 34.7 Å². The van der Waals surface area contributed by atoms with Crippen LogP contribution in [0.5, 0.6) is 5.75 Å². The number of carboxylic acids is 1. The normalized spacial score (nSPS) is 20.8. The first-order valence-electron chi connectivity index (χ1n) is 26.4. The van der Waals surface area contributed by atoms with Crippen LogP contribution >= 0.6 is 0 Å². The highest BCUT2D eigenvalue weighted by atomic mass is 16.7. The Bertz CT molecular complexity index is 3280. The van der Waals surface area contributed by atoms with Crippen LogP contribution in [0.25, 0.3) is 22.3 Å². The zero-order valence-electron chi connectivity index (χ0n) is 46.0. The number of fused-ring (bicyclic) bond motifs is 5. The molecule has 3 aliphatic rings. The summed E-state index contributed by atoms with van der Waals surface area (Å²) in [5.41, 5.74) is 0.941. The van der Waals surface area contributed by atoms with Gasteiger partial charge in [-0.1, -0.05) is 51.0 Å². The third kappa shape index (κ3) is 12.8. The third-order valence-corrected chi connectivity index (χ3v) is 14.5. The number of cyclic esters (lactones) is 1. The molecule has 10 N–H and O–H groups in total. The van der Waals surface area contributed by atoms with Crippen molar-refractivity contribution in [1.29, 1.82) is 0 Å². The van der Waals surface area contributed by atoms with Crippen LogP contribution in [0.3, 0.4) is 0 Å². The number of pyridine rings is 2. The molecule has 0 spiro atoms. The number of aromatic nitrogens is 2. The summed E-state index contributed by atoms with van der Waals surface area (Å²) >= 11 is 0. The summed E-state index contributed by atoms with van der Waals surface area (Å²) in [6.45, 7) is 9.17. The molecule has 0 bridgehead atoms. The minimum atomic E-state index is -2.08. The number of anilines is 1. The Hall–Kier alpha value is -8.48. The number of nitrogens with one attached hydrogen (secondary N) is 5. The van der Waals surface area contributed by atoms with E-state index in [9.17, 15) is 68.7 Å². The van der Waals surface area contributed by atoms with Crippen LogP contribution in [0.1, 0.15) is 88.6 Å². The van der Waals surface area contributed by atoms with Crippen molar-refractivity contribution in [1.82, 2.24) is 35.7 Å². The molecule has 9 atom stereocenters. The summed E-state index contributed by atoms with van der Waals surface area (Å²) in [5, 5.41) is 66.0. The molecule has 4 aromatic rings. The number of carboxylic acid groups (broad SMARTS) is 1. The maximum Gasteiger partial charge on any atom is 0.410 e. The SMILES string of the molecule is C#C[C@H](NC(=O)CCC(=O)NC)C(=O)N[C@H](C(=O)N[C@@H](C)C(=O)Nc1ccc(COC(=O)N(CCc2c3c(nc4ccccc24)-c2cc4c(c(=O)n2C3)COC(=O)[C@]4(O)CC)C(C)C)cc1O[C@@H]1O[C@H](C(=O)O)[C@@H](O)[C@H](O)[C@H]1O)C(C)C. The Labute approximate surface area is 469 Å². The van der Waals surface area contributed by atoms with Crippen molar-refractivity contribution >= 4 is 64.2 Å². The fourth-order valence-corrected chi connectivity index (χ4v) is 9.70. The van der Waals surface area contributed by atoms with Crippen LogP contribution < -0.4 is 36.9 Å². The number of hydrogen-bond donors (Lipinski definition) is 10. The molecule has 26 heteroatoms. The first-order valence-corrected chi connectivity index (χ1v) is 26.4. The standard InChI is InChI=1S/C56H66N8O18/c1-9-35(59-41(66)18-17-40(65)57-8)49(71)62-42(26(3)4)50(72)58-28(7)48(70)61-37-16-15-29(21-39(37)81-53-46(69)44(67)45(68)47(82-53)52(74)75)24-80-55(77)63(27(5)6)20-19-30-31-13-11-12-14-36(31)60-43-32(30)23-64-38(43)22-34-33(51(64)73)25-79-54(76)56(34,78)10-2/h1,11-16,21-22,26-28,35,42,44-47,53,67-69,78H,10,17-20,23-25H2,2-8H3,(H,57,65)(H,58,72)(H,59,66)(H,61,70)(H,62,71)(H,74,75)/t28-,35-,42-,44-,45-,46+,47-,53+,56-/m0/s1. The van der Waals surface area contributed by atoms with E-state index in [1.54, 1.807) is 40.7 Å². The lowest BCUT2D eigenvalue weighted by Crippen LogP contribution is -2.61. The second kappa shape index (κ2) is 25.5. The maximum absolute atomic E-state index is 14.1. The van der Waals surface area contributed by atoms with Crippen molar-refractivity contribution in [2.24, 2.45) is 5.92 Å². The topological polar surface area (TPSA) is 373 Å². The van der Waals surface area contributed by atoms with E-state index < -0.39 is 126 Å². The van der Waals surface area contributed by atoms with Gasteiger partial charge in [-0.25, -0.2) is 19.4 Å². The quantitative estimate of drug-likeness (QED) is 0.0346. The second-order valence-electron chi connectivity index (χ2n) is 20.6. The summed E-state index contributed by atoms with van der Waals surface area (Å²) in [4.78, 5) is 124. The number of aliphatic hydroxyl groups excluding tert-OH is 3. The van der Waals surface area contributed by atoms with Crippen LogP contribution in [0, 0.1) is 18.3 Å². The maximum atomic E-state index is 14.1. The first-order chi connectivity index (χ1) is 38.8. The molecular weight excluding hydrogens is 1070 g/mol. The first kappa shape index (κ1) is 61.1. The number of benzene rings is 2. The number of nitrogens with zero attached hydrogens (tertiary/aromatic N) is 3. The number of ether oxygens (including phenoxy) is 4. The second-order valence-corrected chi connectivity index (χ2v) is 20.6. The largest absolute Gasteiger partial charge is 0.479 e. The van der Waals surface area contributed by atoms with E-state index in [-0.39, 0.29) is 73.5 Å². The molecule has 2 aromatic heterocycles. The molecule has 0 unspecified atom stereocenters.